The van der Waals surface area contributed by atoms with Crippen LogP contribution in [0.15, 0.2) is 40.2 Å². The zero-order chi connectivity index (χ0) is 21.2. The van der Waals surface area contributed by atoms with Gasteiger partial charge in [0.15, 0.2) is 0 Å². The Hall–Kier alpha value is -2.72. The van der Waals surface area contributed by atoms with Gasteiger partial charge in [-0.05, 0) is 55.5 Å². The fourth-order valence-corrected chi connectivity index (χ4v) is 4.63. The molecule has 1 N–H and O–H groups in total. The predicted octanol–water partition coefficient (Wildman–Crippen LogP) is 2.89. The lowest BCUT2D eigenvalue weighted by Crippen LogP contribution is -2.47. The standard InChI is InChI=1S/C19H22N4O4S2/c1-12-7-8-15(10-13(12)2)23(29(4,25)26)14(3)19(24)20-11-17-21-18(22-27-17)16-6-5-9-28-16/h5-10,14H,11H2,1-4H3,(H,20,24)/t14-/m1/s1. The molecule has 1 atom stereocenters. The van der Waals surface area contributed by atoms with Gasteiger partial charge in [0.1, 0.15) is 6.04 Å². The third-order valence-electron chi connectivity index (χ3n) is 4.46. The second-order valence-electron chi connectivity index (χ2n) is 6.71. The molecule has 10 heteroatoms. The second-order valence-corrected chi connectivity index (χ2v) is 9.52. The predicted molar refractivity (Wildman–Crippen MR) is 112 cm³/mol. The van der Waals surface area contributed by atoms with Gasteiger partial charge >= 0.3 is 0 Å². The van der Waals surface area contributed by atoms with Crippen LogP contribution in [0.1, 0.15) is 23.9 Å². The van der Waals surface area contributed by atoms with Crippen molar-refractivity contribution < 1.29 is 17.7 Å². The SMILES string of the molecule is Cc1ccc(N([C@H](C)C(=O)NCc2nc(-c3cccs3)no2)S(C)(=O)=O)cc1C. The van der Waals surface area contributed by atoms with E-state index in [0.717, 1.165) is 26.6 Å². The van der Waals surface area contributed by atoms with Crippen molar-refractivity contribution in [2.45, 2.75) is 33.4 Å². The van der Waals surface area contributed by atoms with E-state index >= 15 is 0 Å². The van der Waals surface area contributed by atoms with E-state index in [1.165, 1.54) is 18.3 Å². The summed E-state index contributed by atoms with van der Waals surface area (Å²) in [7, 11) is -3.68. The molecule has 1 amide bonds. The number of anilines is 1. The van der Waals surface area contributed by atoms with E-state index in [0.29, 0.717) is 11.5 Å². The number of carbonyl (C=O) groups is 1. The molecular formula is C19H22N4O4S2. The largest absolute Gasteiger partial charge is 0.345 e. The van der Waals surface area contributed by atoms with E-state index in [1.807, 2.05) is 37.4 Å². The van der Waals surface area contributed by atoms with Crippen LogP contribution in [0, 0.1) is 13.8 Å². The Kier molecular flexibility index (Phi) is 6.04. The molecule has 0 aliphatic carbocycles. The maximum atomic E-state index is 12.7. The summed E-state index contributed by atoms with van der Waals surface area (Å²) >= 11 is 1.48. The van der Waals surface area contributed by atoms with E-state index in [2.05, 4.69) is 15.5 Å². The van der Waals surface area contributed by atoms with Crippen LogP contribution in [0.3, 0.4) is 0 Å². The average molecular weight is 435 g/mol. The van der Waals surface area contributed by atoms with Gasteiger partial charge in [-0.1, -0.05) is 17.3 Å². The molecule has 0 fully saturated rings. The summed E-state index contributed by atoms with van der Waals surface area (Å²) < 4.78 is 31.0. The quantitative estimate of drug-likeness (QED) is 0.613. The number of sulfonamides is 1. The number of aryl methyl sites for hydroxylation is 2. The van der Waals surface area contributed by atoms with E-state index < -0.39 is 22.0 Å². The smallest absolute Gasteiger partial charge is 0.246 e. The highest BCUT2D eigenvalue weighted by Crippen LogP contribution is 2.24. The van der Waals surface area contributed by atoms with Gasteiger partial charge in [0.25, 0.3) is 0 Å². The van der Waals surface area contributed by atoms with Gasteiger partial charge in [0.05, 0.1) is 23.4 Å². The Bertz CT molecular complexity index is 1110. The lowest BCUT2D eigenvalue weighted by Gasteiger charge is -2.28. The van der Waals surface area contributed by atoms with E-state index in [1.54, 1.807) is 12.1 Å². The first-order valence-corrected chi connectivity index (χ1v) is 11.6. The molecule has 154 valence electrons. The third-order valence-corrected chi connectivity index (χ3v) is 6.56. The Labute approximate surface area is 173 Å². The molecule has 2 heterocycles. The Balaban J connectivity index is 1.73. The minimum absolute atomic E-state index is 0.00603. The van der Waals surface area contributed by atoms with Crippen molar-refractivity contribution >= 4 is 33.0 Å². The highest BCUT2D eigenvalue weighted by atomic mass is 32.2. The van der Waals surface area contributed by atoms with Gasteiger partial charge in [0, 0.05) is 0 Å². The number of thiophene rings is 1. The lowest BCUT2D eigenvalue weighted by atomic mass is 10.1. The zero-order valence-corrected chi connectivity index (χ0v) is 18.2. The van der Waals surface area contributed by atoms with Gasteiger partial charge < -0.3 is 9.84 Å². The van der Waals surface area contributed by atoms with Gasteiger partial charge in [-0.3, -0.25) is 9.10 Å². The molecule has 0 aliphatic heterocycles. The maximum absolute atomic E-state index is 12.7. The molecule has 0 unspecified atom stereocenters. The number of benzene rings is 1. The number of aromatic nitrogens is 2. The summed E-state index contributed by atoms with van der Waals surface area (Å²) in [5.41, 5.74) is 2.42. The zero-order valence-electron chi connectivity index (χ0n) is 16.5. The van der Waals surface area contributed by atoms with Crippen molar-refractivity contribution in [1.82, 2.24) is 15.5 Å². The molecule has 0 bridgehead atoms. The lowest BCUT2D eigenvalue weighted by molar-refractivity contribution is -0.122. The van der Waals surface area contributed by atoms with Gasteiger partial charge in [-0.25, -0.2) is 8.42 Å². The fourth-order valence-electron chi connectivity index (χ4n) is 2.81. The fraction of sp³-hybridized carbons (Fsp3) is 0.316. The summed E-state index contributed by atoms with van der Waals surface area (Å²) in [6.07, 6.45) is 1.08. The highest BCUT2D eigenvalue weighted by molar-refractivity contribution is 7.92. The number of nitrogens with one attached hydrogen (secondary N) is 1. The summed E-state index contributed by atoms with van der Waals surface area (Å²) in [4.78, 5) is 17.8. The van der Waals surface area contributed by atoms with Crippen molar-refractivity contribution in [1.29, 1.82) is 0 Å². The maximum Gasteiger partial charge on any atom is 0.246 e. The van der Waals surface area contributed by atoms with E-state index in [4.69, 9.17) is 4.52 Å². The minimum Gasteiger partial charge on any atom is -0.345 e. The first kappa shape index (κ1) is 21.0. The highest BCUT2D eigenvalue weighted by Gasteiger charge is 2.29. The Morgan fingerprint density at radius 1 is 1.28 bits per heavy atom. The first-order chi connectivity index (χ1) is 13.7. The van der Waals surface area contributed by atoms with Crippen molar-refractivity contribution in [3.05, 3.63) is 52.7 Å². The van der Waals surface area contributed by atoms with Crippen LogP contribution < -0.4 is 9.62 Å². The van der Waals surface area contributed by atoms with Crippen molar-refractivity contribution in [3.63, 3.8) is 0 Å². The van der Waals surface area contributed by atoms with Crippen molar-refractivity contribution in [3.8, 4) is 10.7 Å². The molecule has 0 spiro atoms. The van der Waals surface area contributed by atoms with E-state index in [-0.39, 0.29) is 12.4 Å². The number of hydrogen-bond donors (Lipinski definition) is 1. The molecule has 3 aromatic rings. The third kappa shape index (κ3) is 4.83. The Morgan fingerprint density at radius 2 is 2.03 bits per heavy atom. The molecule has 0 saturated heterocycles. The van der Waals surface area contributed by atoms with Crippen LogP contribution in [0.25, 0.3) is 10.7 Å². The summed E-state index contributed by atoms with van der Waals surface area (Å²) in [5, 5.41) is 8.46. The number of rotatable bonds is 7. The topological polar surface area (TPSA) is 105 Å². The van der Waals surface area contributed by atoms with Crippen LogP contribution >= 0.6 is 11.3 Å². The molecule has 3 rings (SSSR count). The molecule has 1 aromatic carbocycles. The molecule has 8 nitrogen and oxygen atoms in total. The van der Waals surface area contributed by atoms with Crippen molar-refractivity contribution in [2.75, 3.05) is 10.6 Å². The number of carbonyl (C=O) groups excluding carboxylic acids is 1. The molecule has 0 radical (unpaired) electrons. The molecule has 0 saturated carbocycles. The summed E-state index contributed by atoms with van der Waals surface area (Å²) in [5.74, 6) is 0.223. The summed E-state index contributed by atoms with van der Waals surface area (Å²) in [6.45, 7) is 5.38. The number of hydrogen-bond acceptors (Lipinski definition) is 7. The Morgan fingerprint density at radius 3 is 2.66 bits per heavy atom. The number of amides is 1. The van der Waals surface area contributed by atoms with Gasteiger partial charge in [0.2, 0.25) is 27.6 Å². The minimum atomic E-state index is -3.68. The number of nitrogens with zero attached hydrogens (tertiary/aromatic N) is 3. The summed E-state index contributed by atoms with van der Waals surface area (Å²) in [6, 6.07) is 8.08. The van der Waals surface area contributed by atoms with Crippen LogP contribution in [0.4, 0.5) is 5.69 Å². The average Bonchev–Trinajstić information content (AvgIpc) is 3.32. The molecule has 0 aliphatic rings. The van der Waals surface area contributed by atoms with Crippen LogP contribution in [0.2, 0.25) is 0 Å². The van der Waals surface area contributed by atoms with Gasteiger partial charge in [-0.2, -0.15) is 4.98 Å². The molecule has 2 aromatic heterocycles. The molecule has 29 heavy (non-hydrogen) atoms. The second kappa shape index (κ2) is 8.34. The van der Waals surface area contributed by atoms with Crippen LogP contribution in [0.5, 0.6) is 0 Å². The van der Waals surface area contributed by atoms with Gasteiger partial charge in [-0.15, -0.1) is 11.3 Å². The normalized spacial score (nSPS) is 12.6. The van der Waals surface area contributed by atoms with Crippen LogP contribution in [-0.4, -0.2) is 36.8 Å². The monoisotopic (exact) mass is 434 g/mol. The van der Waals surface area contributed by atoms with Crippen molar-refractivity contribution in [2.24, 2.45) is 0 Å². The first-order valence-electron chi connectivity index (χ1n) is 8.87. The van der Waals surface area contributed by atoms with Crippen LogP contribution in [-0.2, 0) is 21.4 Å². The molecular weight excluding hydrogens is 412 g/mol. The van der Waals surface area contributed by atoms with E-state index in [9.17, 15) is 13.2 Å².